The van der Waals surface area contributed by atoms with Crippen molar-refractivity contribution >= 4 is 6.03 Å². The topological polar surface area (TPSA) is 47.6 Å². The van der Waals surface area contributed by atoms with Crippen molar-refractivity contribution in [2.24, 2.45) is 23.7 Å². The van der Waals surface area contributed by atoms with Gasteiger partial charge in [-0.25, -0.2) is 4.79 Å². The molecule has 1 aliphatic heterocycles. The summed E-state index contributed by atoms with van der Waals surface area (Å²) in [5, 5.41) is 6.55. The summed E-state index contributed by atoms with van der Waals surface area (Å²) in [6.07, 6.45) is 6.81. The number of rotatable bonds is 6. The number of nitrogens with one attached hydrogen (secondary N) is 2. The second-order valence-corrected chi connectivity index (χ2v) is 10.3. The van der Waals surface area contributed by atoms with E-state index in [1.54, 1.807) is 0 Å². The molecule has 6 rings (SSSR count). The molecule has 4 bridgehead atoms. The lowest BCUT2D eigenvalue weighted by molar-refractivity contribution is -0.00942. The monoisotopic (exact) mass is 410 g/mol. The van der Waals surface area contributed by atoms with Crippen LogP contribution in [0.3, 0.4) is 0 Å². The average Bonchev–Trinajstić information content (AvgIpc) is 2.76. The van der Waals surface area contributed by atoms with Gasteiger partial charge in [0.15, 0.2) is 0 Å². The molecular formula is C25H38N4O. The zero-order valence-electron chi connectivity index (χ0n) is 18.5. The summed E-state index contributed by atoms with van der Waals surface area (Å²) in [6, 6.07) is 9.03. The number of carbonyl (C=O) groups is 1. The first-order chi connectivity index (χ1) is 14.7. The zero-order chi connectivity index (χ0) is 20.5. The Hall–Kier alpha value is -1.59. The Morgan fingerprint density at radius 1 is 0.900 bits per heavy atom. The molecule has 2 amide bonds. The first-order valence-corrected chi connectivity index (χ1v) is 12.2. The van der Waals surface area contributed by atoms with Crippen LogP contribution >= 0.6 is 0 Å². The van der Waals surface area contributed by atoms with Crippen molar-refractivity contribution in [3.8, 4) is 0 Å². The molecule has 0 spiro atoms. The van der Waals surface area contributed by atoms with Gasteiger partial charge in [-0.1, -0.05) is 31.2 Å². The number of piperazine rings is 1. The number of urea groups is 1. The maximum absolute atomic E-state index is 12.7. The third-order valence-corrected chi connectivity index (χ3v) is 8.39. The lowest BCUT2D eigenvalue weighted by atomic mass is 9.54. The van der Waals surface area contributed by atoms with Crippen molar-refractivity contribution in [1.29, 1.82) is 0 Å². The molecule has 1 heterocycles. The Balaban J connectivity index is 1.14. The summed E-state index contributed by atoms with van der Waals surface area (Å²) in [5.41, 5.74) is 2.59. The van der Waals surface area contributed by atoms with E-state index in [0.717, 1.165) is 62.9 Å². The number of nitrogens with zero attached hydrogens (tertiary/aromatic N) is 2. The van der Waals surface area contributed by atoms with Crippen molar-refractivity contribution in [1.82, 2.24) is 20.4 Å². The van der Waals surface area contributed by atoms with Gasteiger partial charge in [0.2, 0.25) is 0 Å². The van der Waals surface area contributed by atoms with E-state index >= 15 is 0 Å². The fourth-order valence-electron chi connectivity index (χ4n) is 6.93. The van der Waals surface area contributed by atoms with Crippen LogP contribution in [0, 0.1) is 23.7 Å². The summed E-state index contributed by atoms with van der Waals surface area (Å²) in [4.78, 5) is 17.8. The number of hydrogen-bond acceptors (Lipinski definition) is 3. The van der Waals surface area contributed by atoms with Crippen molar-refractivity contribution in [2.45, 2.75) is 58.2 Å². The van der Waals surface area contributed by atoms with E-state index in [1.165, 1.54) is 43.2 Å². The number of likely N-dealkylation sites (N-methyl/N-ethyl adjacent to an activating group) is 1. The summed E-state index contributed by atoms with van der Waals surface area (Å²) < 4.78 is 0. The van der Waals surface area contributed by atoms with Gasteiger partial charge in [-0.2, -0.15) is 0 Å². The number of benzene rings is 1. The van der Waals surface area contributed by atoms with Crippen LogP contribution in [0.15, 0.2) is 24.3 Å². The fraction of sp³-hybridized carbons (Fsp3) is 0.720. The second kappa shape index (κ2) is 8.88. The van der Waals surface area contributed by atoms with Crippen LogP contribution in [-0.2, 0) is 13.1 Å². The molecule has 0 atom stereocenters. The van der Waals surface area contributed by atoms with Crippen molar-refractivity contribution < 1.29 is 4.79 Å². The fourth-order valence-corrected chi connectivity index (χ4v) is 6.93. The average molecular weight is 411 g/mol. The predicted molar refractivity (Wildman–Crippen MR) is 120 cm³/mol. The van der Waals surface area contributed by atoms with Crippen molar-refractivity contribution in [3.05, 3.63) is 35.4 Å². The molecule has 1 aromatic rings. The number of hydrogen-bond donors (Lipinski definition) is 2. The second-order valence-electron chi connectivity index (χ2n) is 10.3. The first kappa shape index (κ1) is 20.3. The van der Waals surface area contributed by atoms with Gasteiger partial charge in [-0.3, -0.25) is 4.90 Å². The van der Waals surface area contributed by atoms with Crippen LogP contribution in [0.25, 0.3) is 0 Å². The number of amides is 2. The van der Waals surface area contributed by atoms with Crippen molar-refractivity contribution in [3.63, 3.8) is 0 Å². The van der Waals surface area contributed by atoms with Gasteiger partial charge >= 0.3 is 6.03 Å². The Morgan fingerprint density at radius 3 is 2.13 bits per heavy atom. The molecular weight excluding hydrogens is 372 g/mol. The van der Waals surface area contributed by atoms with Gasteiger partial charge in [0, 0.05) is 45.3 Å². The SMILES string of the molecule is CCN1CCN(Cc2ccccc2CNC(=O)NC2C3CC4CC(C3)CC2C4)CC1. The molecule has 5 aliphatic rings. The van der Waals surface area contributed by atoms with Crippen LogP contribution in [0.2, 0.25) is 0 Å². The zero-order valence-corrected chi connectivity index (χ0v) is 18.5. The highest BCUT2D eigenvalue weighted by Gasteiger charge is 2.48. The van der Waals surface area contributed by atoms with Gasteiger partial charge in [0.25, 0.3) is 0 Å². The third-order valence-electron chi connectivity index (χ3n) is 8.39. The van der Waals surface area contributed by atoms with Gasteiger partial charge < -0.3 is 15.5 Å². The maximum Gasteiger partial charge on any atom is 0.315 e. The minimum absolute atomic E-state index is 0.0267. The molecule has 30 heavy (non-hydrogen) atoms. The van der Waals surface area contributed by atoms with Crippen molar-refractivity contribution in [2.75, 3.05) is 32.7 Å². The molecule has 5 nitrogen and oxygen atoms in total. The molecule has 4 aliphatic carbocycles. The van der Waals surface area contributed by atoms with E-state index in [9.17, 15) is 4.79 Å². The molecule has 1 aromatic carbocycles. The minimum Gasteiger partial charge on any atom is -0.335 e. The number of carbonyl (C=O) groups excluding carboxylic acids is 1. The van der Waals surface area contributed by atoms with Gasteiger partial charge in [-0.15, -0.1) is 0 Å². The molecule has 1 saturated heterocycles. The molecule has 0 unspecified atom stereocenters. The predicted octanol–water partition coefficient (Wildman–Crippen LogP) is 3.45. The standard InChI is InChI=1S/C25H38N4O/c1-2-28-7-9-29(10-8-28)17-21-6-4-3-5-20(21)16-26-25(30)27-24-22-12-18-11-19(14-22)15-23(24)13-18/h3-6,18-19,22-24H,2,7-17H2,1H3,(H2,26,27,30). The van der Waals surface area contributed by atoms with E-state index in [-0.39, 0.29) is 6.03 Å². The Labute approximate surface area is 181 Å². The van der Waals surface area contributed by atoms with Crippen LogP contribution in [0.5, 0.6) is 0 Å². The van der Waals surface area contributed by atoms with E-state index in [1.807, 2.05) is 0 Å². The summed E-state index contributed by atoms with van der Waals surface area (Å²) in [6.45, 7) is 9.55. The van der Waals surface area contributed by atoms with Gasteiger partial charge in [-0.05, 0) is 73.4 Å². The Kier molecular flexibility index (Phi) is 6.01. The normalized spacial score (nSPS) is 33.6. The van der Waals surface area contributed by atoms with Crippen LogP contribution in [0.1, 0.15) is 50.2 Å². The van der Waals surface area contributed by atoms with Crippen LogP contribution in [-0.4, -0.2) is 54.6 Å². The van der Waals surface area contributed by atoms with E-state index in [2.05, 4.69) is 51.6 Å². The molecule has 5 heteroatoms. The highest BCUT2D eigenvalue weighted by molar-refractivity contribution is 5.74. The molecule has 0 radical (unpaired) electrons. The van der Waals surface area contributed by atoms with E-state index in [4.69, 9.17) is 0 Å². The summed E-state index contributed by atoms with van der Waals surface area (Å²) in [5.74, 6) is 3.33. The summed E-state index contributed by atoms with van der Waals surface area (Å²) in [7, 11) is 0. The van der Waals surface area contributed by atoms with Crippen LogP contribution in [0.4, 0.5) is 4.79 Å². The van der Waals surface area contributed by atoms with Gasteiger partial charge in [0.05, 0.1) is 0 Å². The smallest absolute Gasteiger partial charge is 0.315 e. The van der Waals surface area contributed by atoms with E-state index < -0.39 is 0 Å². The van der Waals surface area contributed by atoms with E-state index in [0.29, 0.717) is 12.6 Å². The third kappa shape index (κ3) is 4.38. The molecule has 2 N–H and O–H groups in total. The largest absolute Gasteiger partial charge is 0.335 e. The Bertz CT molecular complexity index is 714. The lowest BCUT2D eigenvalue weighted by Crippen LogP contribution is -2.57. The van der Waals surface area contributed by atoms with Gasteiger partial charge in [0.1, 0.15) is 0 Å². The lowest BCUT2D eigenvalue weighted by Gasteiger charge is -2.54. The molecule has 164 valence electrons. The maximum atomic E-state index is 12.7. The molecule has 4 saturated carbocycles. The summed E-state index contributed by atoms with van der Waals surface area (Å²) >= 11 is 0. The minimum atomic E-state index is 0.0267. The molecule has 0 aromatic heterocycles. The Morgan fingerprint density at radius 2 is 1.50 bits per heavy atom. The first-order valence-electron chi connectivity index (χ1n) is 12.2. The highest BCUT2D eigenvalue weighted by Crippen LogP contribution is 2.53. The quantitative estimate of drug-likeness (QED) is 0.755. The highest BCUT2D eigenvalue weighted by atomic mass is 16.2. The molecule has 5 fully saturated rings. The van der Waals surface area contributed by atoms with Crippen LogP contribution < -0.4 is 10.6 Å².